The van der Waals surface area contributed by atoms with Crippen molar-refractivity contribution in [3.05, 3.63) is 0 Å². The molecule has 0 bridgehead atoms. The fraction of sp³-hybridized carbons (Fsp3) is 1.00. The maximum Gasteiger partial charge on any atom is 0.211 e. The molecule has 0 aromatic carbocycles. The zero-order chi connectivity index (χ0) is 12.6. The van der Waals surface area contributed by atoms with Gasteiger partial charge in [-0.05, 0) is 27.2 Å². The third-order valence-electron chi connectivity index (χ3n) is 3.27. The smallest absolute Gasteiger partial charge is 0.211 e. The van der Waals surface area contributed by atoms with Gasteiger partial charge in [0.2, 0.25) is 10.0 Å². The van der Waals surface area contributed by atoms with E-state index in [1.165, 1.54) is 6.26 Å². The molecule has 16 heavy (non-hydrogen) atoms. The summed E-state index contributed by atoms with van der Waals surface area (Å²) in [6, 6.07) is 0.128. The SMILES string of the molecule is CCC1CN(C(C)(C)C)CCN1S(C)(=O)=O. The summed E-state index contributed by atoms with van der Waals surface area (Å²) in [7, 11) is -3.05. The second kappa shape index (κ2) is 4.63. The lowest BCUT2D eigenvalue weighted by Gasteiger charge is -2.45. The van der Waals surface area contributed by atoms with Gasteiger partial charge in [-0.1, -0.05) is 6.92 Å². The van der Waals surface area contributed by atoms with E-state index < -0.39 is 10.0 Å². The van der Waals surface area contributed by atoms with Crippen molar-refractivity contribution in [2.45, 2.75) is 45.7 Å². The number of nitrogens with zero attached hydrogens (tertiary/aromatic N) is 2. The van der Waals surface area contributed by atoms with Gasteiger partial charge in [-0.2, -0.15) is 4.31 Å². The first kappa shape index (κ1) is 13.9. The fourth-order valence-electron chi connectivity index (χ4n) is 2.22. The molecule has 1 aliphatic rings. The van der Waals surface area contributed by atoms with Gasteiger partial charge in [0.25, 0.3) is 0 Å². The first-order valence-electron chi connectivity index (χ1n) is 5.88. The van der Waals surface area contributed by atoms with Crippen LogP contribution in [0, 0.1) is 0 Å². The van der Waals surface area contributed by atoms with Crippen LogP contribution in [0.2, 0.25) is 0 Å². The molecule has 0 aromatic rings. The Morgan fingerprint density at radius 2 is 1.81 bits per heavy atom. The van der Waals surface area contributed by atoms with Crippen molar-refractivity contribution in [1.82, 2.24) is 9.21 Å². The maximum absolute atomic E-state index is 11.6. The van der Waals surface area contributed by atoms with Gasteiger partial charge in [-0.15, -0.1) is 0 Å². The Kier molecular flexibility index (Phi) is 4.03. The van der Waals surface area contributed by atoms with Crippen molar-refractivity contribution in [1.29, 1.82) is 0 Å². The fourth-order valence-corrected chi connectivity index (χ4v) is 3.39. The lowest BCUT2D eigenvalue weighted by molar-refractivity contribution is 0.0584. The second-order valence-electron chi connectivity index (χ2n) is 5.55. The molecule has 1 fully saturated rings. The third-order valence-corrected chi connectivity index (χ3v) is 4.61. The number of piperazine rings is 1. The summed E-state index contributed by atoms with van der Waals surface area (Å²) in [4.78, 5) is 2.36. The molecule has 1 aliphatic heterocycles. The minimum atomic E-state index is -3.05. The van der Waals surface area contributed by atoms with Gasteiger partial charge in [0.1, 0.15) is 0 Å². The molecule has 0 N–H and O–H groups in total. The molecule has 0 radical (unpaired) electrons. The molecule has 0 aromatic heterocycles. The normalized spacial score (nSPS) is 25.9. The number of sulfonamides is 1. The van der Waals surface area contributed by atoms with E-state index in [1.807, 2.05) is 0 Å². The van der Waals surface area contributed by atoms with E-state index in [1.54, 1.807) is 4.31 Å². The molecule has 0 saturated carbocycles. The lowest BCUT2D eigenvalue weighted by Crippen LogP contribution is -2.59. The molecule has 1 saturated heterocycles. The van der Waals surface area contributed by atoms with Crippen LogP contribution in [-0.2, 0) is 10.0 Å². The Bertz CT molecular complexity index is 332. The van der Waals surface area contributed by atoms with Crippen molar-refractivity contribution in [3.63, 3.8) is 0 Å². The molecule has 0 aliphatic carbocycles. The van der Waals surface area contributed by atoms with E-state index in [-0.39, 0.29) is 11.6 Å². The van der Waals surface area contributed by atoms with Crippen molar-refractivity contribution in [2.24, 2.45) is 0 Å². The number of hydrogen-bond acceptors (Lipinski definition) is 3. The number of rotatable bonds is 2. The first-order valence-corrected chi connectivity index (χ1v) is 7.73. The van der Waals surface area contributed by atoms with Crippen molar-refractivity contribution >= 4 is 10.0 Å². The Morgan fingerprint density at radius 3 is 2.19 bits per heavy atom. The Labute approximate surface area is 99.7 Å². The van der Waals surface area contributed by atoms with E-state index in [0.29, 0.717) is 6.54 Å². The molecule has 5 heteroatoms. The highest BCUT2D eigenvalue weighted by atomic mass is 32.2. The van der Waals surface area contributed by atoms with Gasteiger partial charge in [-0.25, -0.2) is 8.42 Å². The van der Waals surface area contributed by atoms with Crippen molar-refractivity contribution < 1.29 is 8.42 Å². The van der Waals surface area contributed by atoms with Gasteiger partial charge in [0.15, 0.2) is 0 Å². The highest BCUT2D eigenvalue weighted by molar-refractivity contribution is 7.88. The lowest BCUT2D eigenvalue weighted by atomic mass is 10.0. The molecule has 1 heterocycles. The maximum atomic E-state index is 11.6. The van der Waals surface area contributed by atoms with Crippen LogP contribution in [0.1, 0.15) is 34.1 Å². The van der Waals surface area contributed by atoms with Crippen LogP contribution in [0.4, 0.5) is 0 Å². The van der Waals surface area contributed by atoms with E-state index >= 15 is 0 Å². The highest BCUT2D eigenvalue weighted by Gasteiger charge is 2.35. The molecule has 4 nitrogen and oxygen atoms in total. The van der Waals surface area contributed by atoms with Crippen LogP contribution in [0.3, 0.4) is 0 Å². The summed E-state index contributed by atoms with van der Waals surface area (Å²) >= 11 is 0. The Balaban J connectivity index is 2.80. The van der Waals surface area contributed by atoms with Gasteiger partial charge >= 0.3 is 0 Å². The summed E-state index contributed by atoms with van der Waals surface area (Å²) < 4.78 is 24.9. The second-order valence-corrected chi connectivity index (χ2v) is 7.49. The van der Waals surface area contributed by atoms with Crippen LogP contribution >= 0.6 is 0 Å². The number of hydrogen-bond donors (Lipinski definition) is 0. The van der Waals surface area contributed by atoms with Gasteiger partial charge in [-0.3, -0.25) is 4.90 Å². The Morgan fingerprint density at radius 1 is 1.25 bits per heavy atom. The summed E-state index contributed by atoms with van der Waals surface area (Å²) in [6.07, 6.45) is 2.18. The van der Waals surface area contributed by atoms with Crippen molar-refractivity contribution in [2.75, 3.05) is 25.9 Å². The van der Waals surface area contributed by atoms with E-state index in [2.05, 4.69) is 32.6 Å². The predicted octanol–water partition coefficient (Wildman–Crippen LogP) is 1.14. The van der Waals surface area contributed by atoms with Crippen LogP contribution in [0.25, 0.3) is 0 Å². The van der Waals surface area contributed by atoms with E-state index in [9.17, 15) is 8.42 Å². The van der Waals surface area contributed by atoms with Gasteiger partial charge in [0.05, 0.1) is 6.26 Å². The molecule has 96 valence electrons. The monoisotopic (exact) mass is 248 g/mol. The van der Waals surface area contributed by atoms with Crippen LogP contribution < -0.4 is 0 Å². The molecular weight excluding hydrogens is 224 g/mol. The topological polar surface area (TPSA) is 40.6 Å². The standard InChI is InChI=1S/C11H24N2O2S/c1-6-10-9-12(11(2,3)4)7-8-13(10)16(5,14)15/h10H,6-9H2,1-5H3. The largest absolute Gasteiger partial charge is 0.296 e. The predicted molar refractivity (Wildman–Crippen MR) is 67.0 cm³/mol. The summed E-state index contributed by atoms with van der Waals surface area (Å²) in [5.41, 5.74) is 0.122. The quantitative estimate of drug-likeness (QED) is 0.736. The van der Waals surface area contributed by atoms with E-state index in [0.717, 1.165) is 19.5 Å². The van der Waals surface area contributed by atoms with Crippen LogP contribution in [-0.4, -0.2) is 55.1 Å². The van der Waals surface area contributed by atoms with E-state index in [4.69, 9.17) is 0 Å². The molecule has 0 spiro atoms. The van der Waals surface area contributed by atoms with Crippen molar-refractivity contribution in [3.8, 4) is 0 Å². The molecular formula is C11H24N2O2S. The average molecular weight is 248 g/mol. The minimum Gasteiger partial charge on any atom is -0.296 e. The summed E-state index contributed by atoms with van der Waals surface area (Å²) in [6.45, 7) is 10.9. The molecule has 1 rings (SSSR count). The summed E-state index contributed by atoms with van der Waals surface area (Å²) in [5, 5.41) is 0. The average Bonchev–Trinajstić information content (AvgIpc) is 2.14. The van der Waals surface area contributed by atoms with Crippen LogP contribution in [0.5, 0.6) is 0 Å². The third kappa shape index (κ3) is 3.18. The zero-order valence-corrected chi connectivity index (χ0v) is 11.8. The minimum absolute atomic E-state index is 0.122. The van der Waals surface area contributed by atoms with Crippen LogP contribution in [0.15, 0.2) is 0 Å². The summed E-state index contributed by atoms with van der Waals surface area (Å²) in [5.74, 6) is 0. The molecule has 1 unspecified atom stereocenters. The first-order chi connectivity index (χ1) is 7.16. The highest BCUT2D eigenvalue weighted by Crippen LogP contribution is 2.22. The molecule has 0 amide bonds. The van der Waals surface area contributed by atoms with Gasteiger partial charge < -0.3 is 0 Å². The molecule has 1 atom stereocenters. The Hall–Kier alpha value is -0.130. The zero-order valence-electron chi connectivity index (χ0n) is 11.0. The van der Waals surface area contributed by atoms with Gasteiger partial charge in [0, 0.05) is 31.2 Å².